The van der Waals surface area contributed by atoms with Gasteiger partial charge in [-0.15, -0.1) is 5.10 Å². The van der Waals surface area contributed by atoms with Crippen LogP contribution in [0.25, 0.3) is 11.5 Å². The average Bonchev–Trinajstić information content (AvgIpc) is 3.10. The van der Waals surface area contributed by atoms with Crippen molar-refractivity contribution in [2.24, 2.45) is 0 Å². The number of halogens is 1. The molecule has 0 atom stereocenters. The minimum Gasteiger partial charge on any atom is -0.497 e. The van der Waals surface area contributed by atoms with Gasteiger partial charge in [-0.05, 0) is 36.4 Å². The van der Waals surface area contributed by atoms with Gasteiger partial charge in [0.1, 0.15) is 11.5 Å². The highest BCUT2D eigenvalue weighted by atomic mass is 35.5. The smallest absolute Gasteiger partial charge is 0.322 e. The van der Waals surface area contributed by atoms with Gasteiger partial charge in [0, 0.05) is 22.2 Å². The van der Waals surface area contributed by atoms with Crippen LogP contribution in [0.5, 0.6) is 11.5 Å². The molecule has 128 valence electrons. The number of rotatable bonds is 5. The zero-order valence-corrected chi connectivity index (χ0v) is 14.2. The SMILES string of the molecule is COc1cc(OC)cc(C(=O)Nc2nnc(-c3ccc(Cl)cc3)o2)c1. The number of amides is 1. The highest BCUT2D eigenvalue weighted by Crippen LogP contribution is 2.24. The van der Waals surface area contributed by atoms with E-state index in [-0.39, 0.29) is 11.9 Å². The first-order valence-electron chi connectivity index (χ1n) is 7.23. The van der Waals surface area contributed by atoms with Crippen molar-refractivity contribution in [1.82, 2.24) is 10.2 Å². The van der Waals surface area contributed by atoms with E-state index >= 15 is 0 Å². The second-order valence-electron chi connectivity index (χ2n) is 4.97. The molecule has 0 bridgehead atoms. The molecular weight excluding hydrogens is 346 g/mol. The quantitative estimate of drug-likeness (QED) is 0.748. The maximum Gasteiger partial charge on any atom is 0.322 e. The number of anilines is 1. The molecule has 0 aliphatic rings. The first kappa shape index (κ1) is 16.8. The van der Waals surface area contributed by atoms with Crippen molar-refractivity contribution in [2.75, 3.05) is 19.5 Å². The van der Waals surface area contributed by atoms with E-state index in [0.29, 0.717) is 27.6 Å². The molecule has 0 aliphatic carbocycles. The van der Waals surface area contributed by atoms with Gasteiger partial charge in [0.15, 0.2) is 0 Å². The summed E-state index contributed by atoms with van der Waals surface area (Å²) in [6.45, 7) is 0. The monoisotopic (exact) mass is 359 g/mol. The van der Waals surface area contributed by atoms with E-state index in [0.717, 1.165) is 0 Å². The van der Waals surface area contributed by atoms with Gasteiger partial charge in [-0.25, -0.2) is 0 Å². The van der Waals surface area contributed by atoms with Crippen LogP contribution in [0.15, 0.2) is 46.9 Å². The lowest BCUT2D eigenvalue weighted by atomic mass is 10.2. The van der Waals surface area contributed by atoms with Gasteiger partial charge in [-0.3, -0.25) is 10.1 Å². The van der Waals surface area contributed by atoms with Crippen LogP contribution < -0.4 is 14.8 Å². The van der Waals surface area contributed by atoms with Crippen LogP contribution in [0.4, 0.5) is 6.01 Å². The summed E-state index contributed by atoms with van der Waals surface area (Å²) < 4.78 is 15.7. The van der Waals surface area contributed by atoms with E-state index < -0.39 is 5.91 Å². The molecule has 0 aliphatic heterocycles. The Morgan fingerprint density at radius 1 is 1.04 bits per heavy atom. The summed E-state index contributed by atoms with van der Waals surface area (Å²) in [5.74, 6) is 0.840. The summed E-state index contributed by atoms with van der Waals surface area (Å²) in [6, 6.07) is 11.7. The molecule has 1 amide bonds. The molecule has 25 heavy (non-hydrogen) atoms. The number of carbonyl (C=O) groups is 1. The highest BCUT2D eigenvalue weighted by molar-refractivity contribution is 6.30. The molecule has 1 aromatic heterocycles. The third-order valence-corrected chi connectivity index (χ3v) is 3.60. The van der Waals surface area contributed by atoms with Crippen LogP contribution in [0.2, 0.25) is 5.02 Å². The Hall–Kier alpha value is -3.06. The summed E-state index contributed by atoms with van der Waals surface area (Å²) in [7, 11) is 3.01. The Labute approximate surface area is 148 Å². The summed E-state index contributed by atoms with van der Waals surface area (Å²) >= 11 is 5.85. The first-order chi connectivity index (χ1) is 12.1. The normalized spacial score (nSPS) is 10.4. The van der Waals surface area contributed by atoms with Crippen LogP contribution in [0, 0.1) is 0 Å². The van der Waals surface area contributed by atoms with Gasteiger partial charge in [-0.1, -0.05) is 16.7 Å². The molecule has 3 aromatic rings. The maximum absolute atomic E-state index is 12.4. The Bertz CT molecular complexity index is 871. The number of methoxy groups -OCH3 is 2. The lowest BCUT2D eigenvalue weighted by Gasteiger charge is -2.07. The molecule has 0 radical (unpaired) electrons. The fraction of sp³-hybridized carbons (Fsp3) is 0.118. The number of carbonyl (C=O) groups excluding carboxylic acids is 1. The van der Waals surface area contributed by atoms with Crippen LogP contribution in [0.3, 0.4) is 0 Å². The zero-order chi connectivity index (χ0) is 17.8. The number of nitrogens with one attached hydrogen (secondary N) is 1. The molecule has 0 unspecified atom stereocenters. The van der Waals surface area contributed by atoms with Gasteiger partial charge in [0.2, 0.25) is 5.89 Å². The van der Waals surface area contributed by atoms with E-state index in [2.05, 4.69) is 15.5 Å². The molecule has 8 heteroatoms. The van der Waals surface area contributed by atoms with Crippen molar-refractivity contribution in [2.45, 2.75) is 0 Å². The van der Waals surface area contributed by atoms with Gasteiger partial charge >= 0.3 is 6.01 Å². The first-order valence-corrected chi connectivity index (χ1v) is 7.60. The highest BCUT2D eigenvalue weighted by Gasteiger charge is 2.14. The van der Waals surface area contributed by atoms with E-state index in [4.69, 9.17) is 25.5 Å². The van der Waals surface area contributed by atoms with Crippen LogP contribution in [-0.4, -0.2) is 30.3 Å². The lowest BCUT2D eigenvalue weighted by Crippen LogP contribution is -2.12. The molecule has 2 aromatic carbocycles. The van der Waals surface area contributed by atoms with Crippen LogP contribution in [-0.2, 0) is 0 Å². The van der Waals surface area contributed by atoms with Crippen molar-refractivity contribution in [3.05, 3.63) is 53.1 Å². The fourth-order valence-corrected chi connectivity index (χ4v) is 2.22. The largest absolute Gasteiger partial charge is 0.497 e. The van der Waals surface area contributed by atoms with Crippen molar-refractivity contribution < 1.29 is 18.7 Å². The van der Waals surface area contributed by atoms with Gasteiger partial charge in [-0.2, -0.15) is 0 Å². The molecule has 0 spiro atoms. The molecular formula is C17H14ClN3O4. The van der Waals surface area contributed by atoms with Crippen LogP contribution >= 0.6 is 11.6 Å². The molecule has 3 rings (SSSR count). The molecule has 0 saturated heterocycles. The predicted molar refractivity (Wildman–Crippen MR) is 92.2 cm³/mol. The topological polar surface area (TPSA) is 86.5 Å². The van der Waals surface area contributed by atoms with E-state index in [1.54, 1.807) is 42.5 Å². The maximum atomic E-state index is 12.4. The van der Waals surface area contributed by atoms with Crippen LogP contribution in [0.1, 0.15) is 10.4 Å². The minimum absolute atomic E-state index is 0.0169. The third kappa shape index (κ3) is 3.89. The van der Waals surface area contributed by atoms with E-state index in [1.807, 2.05) is 0 Å². The Kier molecular flexibility index (Phi) is 4.85. The number of nitrogens with zero attached hydrogens (tertiary/aromatic N) is 2. The molecule has 1 heterocycles. The average molecular weight is 360 g/mol. The van der Waals surface area contributed by atoms with Gasteiger partial charge in [0.05, 0.1) is 14.2 Å². The van der Waals surface area contributed by atoms with Crippen molar-refractivity contribution >= 4 is 23.5 Å². The Balaban J connectivity index is 1.79. The number of ether oxygens (including phenoxy) is 2. The molecule has 1 N–H and O–H groups in total. The Morgan fingerprint density at radius 2 is 1.68 bits per heavy atom. The summed E-state index contributed by atoms with van der Waals surface area (Å²) in [6.07, 6.45) is 0. The fourth-order valence-electron chi connectivity index (χ4n) is 2.09. The number of hydrogen-bond donors (Lipinski definition) is 1. The number of hydrogen-bond acceptors (Lipinski definition) is 6. The minimum atomic E-state index is -0.427. The predicted octanol–water partition coefficient (Wildman–Crippen LogP) is 3.66. The van der Waals surface area contributed by atoms with E-state index in [1.165, 1.54) is 14.2 Å². The lowest BCUT2D eigenvalue weighted by molar-refractivity contribution is 0.102. The van der Waals surface area contributed by atoms with Crippen molar-refractivity contribution in [3.8, 4) is 23.0 Å². The molecule has 0 fully saturated rings. The van der Waals surface area contributed by atoms with Gasteiger partial charge in [0.25, 0.3) is 5.91 Å². The second-order valence-corrected chi connectivity index (χ2v) is 5.41. The zero-order valence-electron chi connectivity index (χ0n) is 13.4. The second kappa shape index (κ2) is 7.23. The standard InChI is InChI=1S/C17H14ClN3O4/c1-23-13-7-11(8-14(9-13)24-2)15(22)19-17-21-20-16(25-17)10-3-5-12(18)6-4-10/h3-9H,1-2H3,(H,19,21,22). The molecule has 7 nitrogen and oxygen atoms in total. The summed E-state index contributed by atoms with van der Waals surface area (Å²) in [5, 5.41) is 10.9. The van der Waals surface area contributed by atoms with Gasteiger partial charge < -0.3 is 13.9 Å². The molecule has 0 saturated carbocycles. The third-order valence-electron chi connectivity index (χ3n) is 3.35. The van der Waals surface area contributed by atoms with E-state index in [9.17, 15) is 4.79 Å². The summed E-state index contributed by atoms with van der Waals surface area (Å²) in [5.41, 5.74) is 1.03. The van der Waals surface area contributed by atoms with Crippen molar-refractivity contribution in [1.29, 1.82) is 0 Å². The number of benzene rings is 2. The number of aromatic nitrogens is 2. The Morgan fingerprint density at radius 3 is 2.28 bits per heavy atom. The van der Waals surface area contributed by atoms with Crippen molar-refractivity contribution in [3.63, 3.8) is 0 Å². The summed E-state index contributed by atoms with van der Waals surface area (Å²) in [4.78, 5) is 12.4.